The van der Waals surface area contributed by atoms with E-state index in [-0.39, 0.29) is 17.3 Å². The molecule has 29 heavy (non-hydrogen) atoms. The quantitative estimate of drug-likeness (QED) is 0.676. The highest BCUT2D eigenvalue weighted by molar-refractivity contribution is 7.09. The van der Waals surface area contributed by atoms with Crippen molar-refractivity contribution in [2.75, 3.05) is 6.54 Å². The van der Waals surface area contributed by atoms with Crippen LogP contribution in [0.5, 0.6) is 0 Å². The van der Waals surface area contributed by atoms with Crippen molar-refractivity contribution in [1.29, 1.82) is 0 Å². The van der Waals surface area contributed by atoms with Crippen LogP contribution in [0.2, 0.25) is 0 Å². The second-order valence-corrected chi connectivity index (χ2v) is 8.26. The van der Waals surface area contributed by atoms with E-state index >= 15 is 0 Å². The zero-order valence-electron chi connectivity index (χ0n) is 16.0. The Morgan fingerprint density at radius 3 is 2.66 bits per heavy atom. The van der Waals surface area contributed by atoms with Crippen LogP contribution < -0.4 is 5.56 Å². The molecule has 1 aromatic carbocycles. The molecule has 0 saturated heterocycles. The Labute approximate surface area is 173 Å². The molecule has 0 radical (unpaired) electrons. The number of aryl methyl sites for hydroxylation is 1. The summed E-state index contributed by atoms with van der Waals surface area (Å²) in [5.41, 5.74) is 1.89. The Bertz CT molecular complexity index is 1070. The van der Waals surface area contributed by atoms with E-state index in [1.54, 1.807) is 16.2 Å². The molecule has 0 unspecified atom stereocenters. The smallest absolute Gasteiger partial charge is 0.261 e. The molecule has 148 valence electrons. The van der Waals surface area contributed by atoms with E-state index in [2.05, 4.69) is 4.98 Å². The number of amides is 1. The number of pyridine rings is 1. The van der Waals surface area contributed by atoms with Crippen molar-refractivity contribution in [3.8, 4) is 0 Å². The Morgan fingerprint density at radius 1 is 1.07 bits per heavy atom. The summed E-state index contributed by atoms with van der Waals surface area (Å²) in [6.45, 7) is 0.930. The molecular formula is C23H22N2O3S. The molecule has 0 fully saturated rings. The van der Waals surface area contributed by atoms with Crippen LogP contribution >= 0.6 is 11.3 Å². The summed E-state index contributed by atoms with van der Waals surface area (Å²) in [7, 11) is 0. The normalized spacial score (nSPS) is 13.2. The van der Waals surface area contributed by atoms with Gasteiger partial charge in [-0.15, -0.1) is 11.3 Å². The van der Waals surface area contributed by atoms with Gasteiger partial charge >= 0.3 is 0 Å². The molecule has 1 aliphatic rings. The number of hydrogen-bond donors (Lipinski definition) is 1. The van der Waals surface area contributed by atoms with Crippen LogP contribution in [0.1, 0.15) is 49.7 Å². The van der Waals surface area contributed by atoms with Gasteiger partial charge in [-0.05, 0) is 42.3 Å². The fourth-order valence-electron chi connectivity index (χ4n) is 3.66. The van der Waals surface area contributed by atoms with Gasteiger partial charge in [0, 0.05) is 29.1 Å². The fourth-order valence-corrected chi connectivity index (χ4v) is 4.38. The first-order valence-corrected chi connectivity index (χ1v) is 10.6. The lowest BCUT2D eigenvalue weighted by Crippen LogP contribution is -2.36. The largest absolute Gasteiger partial charge is 0.333 e. The number of carbonyl (C=O) groups is 2. The third-order valence-corrected chi connectivity index (χ3v) is 6.07. The average Bonchev–Trinajstić information content (AvgIpc) is 3.24. The van der Waals surface area contributed by atoms with Crippen molar-refractivity contribution in [2.45, 2.75) is 32.2 Å². The van der Waals surface area contributed by atoms with Crippen LogP contribution in [0.3, 0.4) is 0 Å². The van der Waals surface area contributed by atoms with Crippen LogP contribution in [0.15, 0.2) is 58.7 Å². The number of H-pyrrole nitrogens is 1. The summed E-state index contributed by atoms with van der Waals surface area (Å²) < 4.78 is 0. The maximum absolute atomic E-state index is 13.3. The Kier molecular flexibility index (Phi) is 5.71. The molecule has 4 rings (SSSR count). The molecule has 3 aromatic rings. The van der Waals surface area contributed by atoms with Gasteiger partial charge in [-0.2, -0.15) is 0 Å². The number of ketones is 1. The molecule has 1 aliphatic carbocycles. The second kappa shape index (κ2) is 8.57. The van der Waals surface area contributed by atoms with E-state index in [1.807, 2.05) is 47.8 Å². The topological polar surface area (TPSA) is 70.2 Å². The van der Waals surface area contributed by atoms with Crippen LogP contribution in [0.25, 0.3) is 0 Å². The Balaban J connectivity index is 1.62. The van der Waals surface area contributed by atoms with Gasteiger partial charge in [0.05, 0.1) is 6.54 Å². The molecule has 1 amide bonds. The van der Waals surface area contributed by atoms with E-state index in [9.17, 15) is 14.4 Å². The van der Waals surface area contributed by atoms with Crippen molar-refractivity contribution in [1.82, 2.24) is 9.88 Å². The third kappa shape index (κ3) is 4.38. The highest BCUT2D eigenvalue weighted by Gasteiger charge is 2.25. The molecule has 0 spiro atoms. The number of nitrogens with one attached hydrogen (secondary N) is 1. The number of nitrogens with zero attached hydrogens (tertiary/aromatic N) is 1. The predicted molar refractivity (Wildman–Crippen MR) is 114 cm³/mol. The first kappa shape index (κ1) is 19.3. The summed E-state index contributed by atoms with van der Waals surface area (Å²) in [4.78, 5) is 43.7. The fraction of sp³-hybridized carbons (Fsp3) is 0.261. The maximum Gasteiger partial charge on any atom is 0.261 e. The standard InChI is InChI=1S/C23H22N2O3S/c26-21-10-4-9-20-18(21)14-19(22(27)24-20)23(28)25(15-17-8-5-13-29-17)12-11-16-6-2-1-3-7-16/h1-3,5-8,13-14H,4,9-12,15H2,(H,24,27). The number of hydrogen-bond acceptors (Lipinski definition) is 4. The third-order valence-electron chi connectivity index (χ3n) is 5.21. The van der Waals surface area contributed by atoms with Crippen LogP contribution in [-0.4, -0.2) is 28.1 Å². The summed E-state index contributed by atoms with van der Waals surface area (Å²) in [5.74, 6) is -0.345. The van der Waals surface area contributed by atoms with E-state index in [4.69, 9.17) is 0 Å². The predicted octanol–water partition coefficient (Wildman–Crippen LogP) is 3.84. The van der Waals surface area contributed by atoms with Gasteiger partial charge in [0.15, 0.2) is 5.78 Å². The molecule has 2 aromatic heterocycles. The van der Waals surface area contributed by atoms with Crippen molar-refractivity contribution >= 4 is 23.0 Å². The highest BCUT2D eigenvalue weighted by atomic mass is 32.1. The van der Waals surface area contributed by atoms with E-state index in [0.717, 1.165) is 16.9 Å². The minimum absolute atomic E-state index is 0.00866. The van der Waals surface area contributed by atoms with Crippen LogP contribution in [0, 0.1) is 0 Å². The van der Waals surface area contributed by atoms with Gasteiger partial charge in [-0.3, -0.25) is 14.4 Å². The summed E-state index contributed by atoms with van der Waals surface area (Å²) in [6, 6.07) is 15.4. The molecule has 6 heteroatoms. The summed E-state index contributed by atoms with van der Waals surface area (Å²) >= 11 is 1.58. The number of rotatable bonds is 6. The average molecular weight is 407 g/mol. The lowest BCUT2D eigenvalue weighted by Gasteiger charge is -2.23. The Morgan fingerprint density at radius 2 is 1.90 bits per heavy atom. The van der Waals surface area contributed by atoms with Gasteiger partial charge in [0.25, 0.3) is 11.5 Å². The van der Waals surface area contributed by atoms with Crippen molar-refractivity contribution in [2.24, 2.45) is 0 Å². The molecule has 5 nitrogen and oxygen atoms in total. The lowest BCUT2D eigenvalue weighted by atomic mass is 9.93. The molecule has 2 heterocycles. The van der Waals surface area contributed by atoms with Crippen molar-refractivity contribution in [3.05, 3.63) is 91.5 Å². The maximum atomic E-state index is 13.3. The van der Waals surface area contributed by atoms with Gasteiger partial charge in [-0.25, -0.2) is 0 Å². The summed E-state index contributed by atoms with van der Waals surface area (Å²) in [6.07, 6.45) is 2.55. The van der Waals surface area contributed by atoms with Crippen LogP contribution in [-0.2, 0) is 19.4 Å². The molecule has 0 atom stereocenters. The molecule has 0 bridgehead atoms. The number of fused-ring (bicyclic) bond motifs is 1. The zero-order chi connectivity index (χ0) is 20.2. The van der Waals surface area contributed by atoms with Crippen molar-refractivity contribution in [3.63, 3.8) is 0 Å². The molecule has 0 aliphatic heterocycles. The van der Waals surface area contributed by atoms with Gasteiger partial charge in [0.2, 0.25) is 0 Å². The molecular weight excluding hydrogens is 384 g/mol. The molecule has 1 N–H and O–H groups in total. The van der Waals surface area contributed by atoms with E-state index in [0.29, 0.717) is 43.6 Å². The van der Waals surface area contributed by atoms with Crippen molar-refractivity contribution < 1.29 is 9.59 Å². The Hall–Kier alpha value is -2.99. The molecule has 0 saturated carbocycles. The highest BCUT2D eigenvalue weighted by Crippen LogP contribution is 2.20. The lowest BCUT2D eigenvalue weighted by molar-refractivity contribution is 0.0745. The van der Waals surface area contributed by atoms with Gasteiger partial charge in [0.1, 0.15) is 5.56 Å². The summed E-state index contributed by atoms with van der Waals surface area (Å²) in [5, 5.41) is 1.97. The SMILES string of the molecule is O=C1CCCc2[nH]c(=O)c(C(=O)N(CCc3ccccc3)Cc3cccs3)cc21. The zero-order valence-corrected chi connectivity index (χ0v) is 16.8. The number of aromatic nitrogens is 1. The van der Waals surface area contributed by atoms with E-state index < -0.39 is 5.56 Å². The number of benzene rings is 1. The van der Waals surface area contributed by atoms with E-state index in [1.165, 1.54) is 6.07 Å². The number of thiophene rings is 1. The number of carbonyl (C=O) groups excluding carboxylic acids is 2. The monoisotopic (exact) mass is 406 g/mol. The number of Topliss-reactive ketones (excluding diaryl/α,β-unsaturated/α-hetero) is 1. The first-order chi connectivity index (χ1) is 14.1. The number of aromatic amines is 1. The van der Waals surface area contributed by atoms with Crippen LogP contribution in [0.4, 0.5) is 0 Å². The van der Waals surface area contributed by atoms with Gasteiger partial charge < -0.3 is 9.88 Å². The minimum atomic E-state index is -0.417. The first-order valence-electron chi connectivity index (χ1n) is 9.77. The minimum Gasteiger partial charge on any atom is -0.333 e. The second-order valence-electron chi connectivity index (χ2n) is 7.22. The van der Waals surface area contributed by atoms with Gasteiger partial charge in [-0.1, -0.05) is 36.4 Å².